The third-order valence-corrected chi connectivity index (χ3v) is 5.60. The van der Waals surface area contributed by atoms with Crippen molar-refractivity contribution in [2.45, 2.75) is 129 Å². The second kappa shape index (κ2) is 21.1. The molecule has 0 aliphatic carbocycles. The molecule has 0 spiro atoms. The lowest BCUT2D eigenvalue weighted by molar-refractivity contribution is -0.843. The van der Waals surface area contributed by atoms with E-state index in [1.54, 1.807) is 14.1 Å². The first-order chi connectivity index (χ1) is 14.0. The van der Waals surface area contributed by atoms with Crippen LogP contribution in [0.2, 0.25) is 0 Å². The van der Waals surface area contributed by atoms with Gasteiger partial charge in [-0.1, -0.05) is 116 Å². The summed E-state index contributed by atoms with van der Waals surface area (Å²) in [6.45, 7) is 3.46. The fourth-order valence-corrected chi connectivity index (χ4v) is 3.89. The number of hydrogen-bond acceptors (Lipinski definition) is 3. The molecule has 0 aromatic carbocycles. The van der Waals surface area contributed by atoms with Gasteiger partial charge >= 0.3 is 0 Å². The summed E-state index contributed by atoms with van der Waals surface area (Å²) in [6, 6.07) is 0. The molecule has 0 fully saturated rings. The number of rotatable bonds is 23. The summed E-state index contributed by atoms with van der Waals surface area (Å²) < 4.78 is 5.00. The number of nitrogens with zero attached hydrogens (tertiary/aromatic N) is 1. The van der Waals surface area contributed by atoms with Crippen molar-refractivity contribution in [2.24, 2.45) is 0 Å². The van der Waals surface area contributed by atoms with Gasteiger partial charge in [0.2, 0.25) is 0 Å². The molecule has 1 unspecified atom stereocenters. The topological polar surface area (TPSA) is 52.5 Å². The minimum atomic E-state index is -0.655. The number of hydrogen-bond donors (Lipinski definition) is 1. The van der Waals surface area contributed by atoms with Gasteiger partial charge in [0.15, 0.2) is 0 Å². The van der Waals surface area contributed by atoms with Crippen LogP contribution in [0.5, 0.6) is 0 Å². The highest BCUT2D eigenvalue weighted by molar-refractivity contribution is 4.53. The van der Waals surface area contributed by atoms with E-state index in [9.17, 15) is 10.3 Å². The first-order valence-electron chi connectivity index (χ1n) is 12.8. The Morgan fingerprint density at radius 3 is 1.34 bits per heavy atom. The van der Waals surface area contributed by atoms with Crippen molar-refractivity contribution in [1.29, 1.82) is 0 Å². The fourth-order valence-electron chi connectivity index (χ4n) is 3.89. The van der Waals surface area contributed by atoms with Gasteiger partial charge < -0.3 is 19.7 Å². The Balaban J connectivity index is 3.10. The highest BCUT2D eigenvalue weighted by atomic mass is 16.5. The largest absolute Gasteiger partial charge is 0.633 e. The van der Waals surface area contributed by atoms with Gasteiger partial charge in [-0.3, -0.25) is 0 Å². The van der Waals surface area contributed by atoms with Gasteiger partial charge in [-0.05, 0) is 6.42 Å². The van der Waals surface area contributed by atoms with Crippen LogP contribution in [0.1, 0.15) is 122 Å². The summed E-state index contributed by atoms with van der Waals surface area (Å²) in [4.78, 5) is 0. The summed E-state index contributed by atoms with van der Waals surface area (Å²) in [5.74, 6) is 0. The van der Waals surface area contributed by atoms with E-state index in [0.29, 0.717) is 6.61 Å². The third kappa shape index (κ3) is 25.8. The number of quaternary nitrogens is 1. The highest BCUT2D eigenvalue weighted by Gasteiger charge is 2.12. The van der Waals surface area contributed by atoms with E-state index in [1.165, 1.54) is 109 Å². The minimum Gasteiger partial charge on any atom is -0.633 e. The van der Waals surface area contributed by atoms with Gasteiger partial charge in [0.05, 0.1) is 20.7 Å². The minimum absolute atomic E-state index is 0.194. The Labute approximate surface area is 182 Å². The zero-order valence-electron chi connectivity index (χ0n) is 20.1. The van der Waals surface area contributed by atoms with Crippen LogP contribution < -0.4 is 0 Å². The summed E-state index contributed by atoms with van der Waals surface area (Å²) >= 11 is 0. The molecule has 4 heteroatoms. The lowest BCUT2D eigenvalue weighted by atomic mass is 10.0. The van der Waals surface area contributed by atoms with Crippen LogP contribution in [0.15, 0.2) is 0 Å². The van der Waals surface area contributed by atoms with E-state index in [0.717, 1.165) is 6.42 Å². The molecule has 0 aromatic rings. The van der Waals surface area contributed by atoms with Crippen molar-refractivity contribution < 1.29 is 14.5 Å². The number of unbranched alkanes of at least 4 members (excludes halogenated alkanes) is 17. The molecule has 1 N–H and O–H groups in total. The van der Waals surface area contributed by atoms with Crippen LogP contribution in [0.25, 0.3) is 0 Å². The molecule has 0 radical (unpaired) electrons. The monoisotopic (exact) mass is 415 g/mol. The molecule has 0 bridgehead atoms. The van der Waals surface area contributed by atoms with E-state index in [4.69, 9.17) is 4.74 Å². The molecule has 0 amide bonds. The average molecular weight is 416 g/mol. The Hall–Kier alpha value is -0.160. The quantitative estimate of drug-likeness (QED) is 0.111. The van der Waals surface area contributed by atoms with Crippen LogP contribution >= 0.6 is 0 Å². The summed E-state index contributed by atoms with van der Waals surface area (Å²) in [5.41, 5.74) is 0. The zero-order valence-corrected chi connectivity index (χ0v) is 20.1. The number of aliphatic hydroxyl groups is 1. The Kier molecular flexibility index (Phi) is 21.0. The molecular formula is C25H53NO3. The van der Waals surface area contributed by atoms with Crippen molar-refractivity contribution in [3.8, 4) is 0 Å². The lowest BCUT2D eigenvalue weighted by Gasteiger charge is -2.35. The van der Waals surface area contributed by atoms with Gasteiger partial charge in [0.1, 0.15) is 12.6 Å². The zero-order chi connectivity index (χ0) is 21.6. The molecule has 0 saturated carbocycles. The molecule has 0 aliphatic rings. The molecular weight excluding hydrogens is 362 g/mol. The van der Waals surface area contributed by atoms with Crippen molar-refractivity contribution in [3.05, 3.63) is 5.21 Å². The molecule has 0 aliphatic heterocycles. The lowest BCUT2D eigenvalue weighted by Crippen LogP contribution is -2.41. The van der Waals surface area contributed by atoms with E-state index < -0.39 is 10.8 Å². The van der Waals surface area contributed by atoms with Crippen molar-refractivity contribution >= 4 is 0 Å². The van der Waals surface area contributed by atoms with E-state index in [2.05, 4.69) is 6.92 Å². The summed E-state index contributed by atoms with van der Waals surface area (Å²) in [6.07, 6.45) is 24.2. The maximum absolute atomic E-state index is 11.4. The van der Waals surface area contributed by atoms with Crippen LogP contribution in [0, 0.1) is 5.21 Å². The van der Waals surface area contributed by atoms with Gasteiger partial charge in [0, 0.05) is 6.61 Å². The first-order valence-corrected chi connectivity index (χ1v) is 12.8. The number of ether oxygens (including phenoxy) is 1. The van der Waals surface area contributed by atoms with Gasteiger partial charge in [0.25, 0.3) is 0 Å². The third-order valence-electron chi connectivity index (χ3n) is 5.60. The standard InChI is InChI=1S/C25H53NO3/c1-4-5-6-7-8-9-10-11-12-13-14-15-16-17-18-19-20-21-22-29-24-25(27)23-26(2,3)28/h25,27H,4-24H2,1-3H3. The summed E-state index contributed by atoms with van der Waals surface area (Å²) in [5, 5.41) is 21.1. The van der Waals surface area contributed by atoms with E-state index >= 15 is 0 Å². The maximum Gasteiger partial charge on any atom is 0.126 e. The van der Waals surface area contributed by atoms with Gasteiger partial charge in [-0.25, -0.2) is 0 Å². The van der Waals surface area contributed by atoms with Crippen LogP contribution in [0.3, 0.4) is 0 Å². The normalized spacial score (nSPS) is 13.1. The highest BCUT2D eigenvalue weighted by Crippen LogP contribution is 2.14. The summed E-state index contributed by atoms with van der Waals surface area (Å²) in [7, 11) is 3.08. The maximum atomic E-state index is 11.4. The van der Waals surface area contributed by atoms with Gasteiger partial charge in [-0.15, -0.1) is 0 Å². The Morgan fingerprint density at radius 2 is 1.00 bits per heavy atom. The van der Waals surface area contributed by atoms with E-state index in [1.807, 2.05) is 0 Å². The fraction of sp³-hybridized carbons (Fsp3) is 1.00. The Morgan fingerprint density at radius 1 is 0.655 bits per heavy atom. The molecule has 176 valence electrons. The predicted molar refractivity (Wildman–Crippen MR) is 126 cm³/mol. The van der Waals surface area contributed by atoms with Crippen LogP contribution in [0.4, 0.5) is 0 Å². The van der Waals surface area contributed by atoms with E-state index in [-0.39, 0.29) is 13.2 Å². The molecule has 29 heavy (non-hydrogen) atoms. The van der Waals surface area contributed by atoms with Crippen LogP contribution in [-0.2, 0) is 4.74 Å². The SMILES string of the molecule is CCCCCCCCCCCCCCCCCCCCOCC(O)C[N+](C)(C)[O-]. The van der Waals surface area contributed by atoms with Gasteiger partial charge in [-0.2, -0.15) is 0 Å². The number of aliphatic hydroxyl groups excluding tert-OH is 1. The smallest absolute Gasteiger partial charge is 0.126 e. The second-order valence-electron chi connectivity index (χ2n) is 9.50. The molecule has 0 saturated heterocycles. The molecule has 1 atom stereocenters. The predicted octanol–water partition coefficient (Wildman–Crippen LogP) is 6.98. The first kappa shape index (κ1) is 28.8. The van der Waals surface area contributed by atoms with Crippen molar-refractivity contribution in [1.82, 2.24) is 0 Å². The molecule has 4 nitrogen and oxygen atoms in total. The van der Waals surface area contributed by atoms with Crippen molar-refractivity contribution in [3.63, 3.8) is 0 Å². The number of hydroxylamine groups is 3. The van der Waals surface area contributed by atoms with Crippen LogP contribution in [-0.4, -0.2) is 49.7 Å². The Bertz CT molecular complexity index is 318. The number of likely N-dealkylation sites (N-methyl/N-ethyl adjacent to an activating group) is 1. The second-order valence-corrected chi connectivity index (χ2v) is 9.50. The van der Waals surface area contributed by atoms with Crippen molar-refractivity contribution in [2.75, 3.05) is 33.9 Å². The molecule has 0 aromatic heterocycles. The average Bonchev–Trinajstić information content (AvgIpc) is 2.65. The molecule has 0 heterocycles. The molecule has 0 rings (SSSR count).